The number of fused-ring (bicyclic) bond motifs is 1. The second-order valence-electron chi connectivity index (χ2n) is 7.21. The Bertz CT molecular complexity index is 1060. The van der Waals surface area contributed by atoms with Crippen molar-refractivity contribution in [3.63, 3.8) is 0 Å². The number of aromatic amines is 1. The van der Waals surface area contributed by atoms with E-state index in [9.17, 15) is 4.79 Å². The van der Waals surface area contributed by atoms with Crippen molar-refractivity contribution >= 4 is 23.2 Å². The molecule has 142 valence electrons. The van der Waals surface area contributed by atoms with Crippen molar-refractivity contribution in [2.75, 3.05) is 10.2 Å². The van der Waals surface area contributed by atoms with Crippen LogP contribution in [0.4, 0.5) is 11.5 Å². The van der Waals surface area contributed by atoms with E-state index >= 15 is 0 Å². The monoisotopic (exact) mass is 375 g/mol. The van der Waals surface area contributed by atoms with Gasteiger partial charge in [-0.1, -0.05) is 6.07 Å². The van der Waals surface area contributed by atoms with Crippen molar-refractivity contribution < 1.29 is 4.79 Å². The van der Waals surface area contributed by atoms with Crippen molar-refractivity contribution in [2.45, 2.75) is 32.4 Å². The van der Waals surface area contributed by atoms with Crippen LogP contribution < -0.4 is 15.5 Å². The van der Waals surface area contributed by atoms with E-state index < -0.39 is 0 Å². The van der Waals surface area contributed by atoms with Crippen LogP contribution in [0.2, 0.25) is 0 Å². The van der Waals surface area contributed by atoms with Crippen LogP contribution in [0.5, 0.6) is 0 Å². The minimum atomic E-state index is -0.0165. The Morgan fingerprint density at radius 1 is 1.29 bits per heavy atom. The van der Waals surface area contributed by atoms with Gasteiger partial charge in [0.1, 0.15) is 11.6 Å². The van der Waals surface area contributed by atoms with Crippen LogP contribution >= 0.6 is 0 Å². The van der Waals surface area contributed by atoms with Gasteiger partial charge < -0.3 is 15.5 Å². The van der Waals surface area contributed by atoms with Crippen molar-refractivity contribution in [2.24, 2.45) is 0 Å². The maximum Gasteiger partial charge on any atom is 0.251 e. The molecule has 3 heterocycles. The van der Waals surface area contributed by atoms with Crippen LogP contribution in [-0.4, -0.2) is 31.7 Å². The summed E-state index contributed by atoms with van der Waals surface area (Å²) < 4.78 is 2.00. The number of carbonyl (C=O) groups excluding carboxylic acids is 1. The summed E-state index contributed by atoms with van der Waals surface area (Å²) in [7, 11) is 0. The van der Waals surface area contributed by atoms with Crippen LogP contribution in [-0.2, 0) is 6.54 Å². The smallest absolute Gasteiger partial charge is 0.251 e. The molecular formula is C20H21N7O. The Morgan fingerprint density at radius 3 is 2.96 bits per heavy atom. The molecule has 3 N–H and O–H groups in total. The molecule has 3 aromatic rings. The Balaban J connectivity index is 1.44. The molecule has 28 heavy (non-hydrogen) atoms. The SMILES string of the molecule is Cc1cc(NC2=CN(c3cccc(C(=O)NC4CC4)c3)Cc3nccn32)n[nH]1. The third-order valence-corrected chi connectivity index (χ3v) is 4.88. The Morgan fingerprint density at radius 2 is 2.18 bits per heavy atom. The van der Waals surface area contributed by atoms with Gasteiger partial charge in [-0.15, -0.1) is 0 Å². The lowest BCUT2D eigenvalue weighted by atomic mass is 10.1. The van der Waals surface area contributed by atoms with E-state index in [0.717, 1.165) is 41.7 Å². The highest BCUT2D eigenvalue weighted by Gasteiger charge is 2.24. The number of aryl methyl sites for hydroxylation is 1. The molecule has 0 unspecified atom stereocenters. The van der Waals surface area contributed by atoms with Crippen LogP contribution in [0.25, 0.3) is 5.82 Å². The van der Waals surface area contributed by atoms with E-state index in [0.29, 0.717) is 18.2 Å². The maximum atomic E-state index is 12.4. The molecule has 1 aromatic carbocycles. The number of H-pyrrole nitrogens is 1. The Labute approximate surface area is 162 Å². The lowest BCUT2D eigenvalue weighted by Gasteiger charge is -2.28. The van der Waals surface area contributed by atoms with Gasteiger partial charge in [0.25, 0.3) is 5.91 Å². The molecule has 0 bridgehead atoms. The molecule has 0 radical (unpaired) electrons. The van der Waals surface area contributed by atoms with Crippen LogP contribution in [0.1, 0.15) is 34.7 Å². The normalized spacial score (nSPS) is 15.8. The first-order valence-electron chi connectivity index (χ1n) is 9.37. The van der Waals surface area contributed by atoms with Gasteiger partial charge in [-0.25, -0.2) is 4.98 Å². The first-order valence-corrected chi connectivity index (χ1v) is 9.37. The number of benzene rings is 1. The summed E-state index contributed by atoms with van der Waals surface area (Å²) in [4.78, 5) is 19.0. The summed E-state index contributed by atoms with van der Waals surface area (Å²) in [6.07, 6.45) is 7.86. The predicted molar refractivity (Wildman–Crippen MR) is 107 cm³/mol. The van der Waals surface area contributed by atoms with E-state index in [1.165, 1.54) is 0 Å². The fraction of sp³-hybridized carbons (Fsp3) is 0.250. The summed E-state index contributed by atoms with van der Waals surface area (Å²) in [6, 6.07) is 9.96. The molecule has 0 atom stereocenters. The fourth-order valence-electron chi connectivity index (χ4n) is 3.27. The molecule has 2 aliphatic rings. The van der Waals surface area contributed by atoms with Gasteiger partial charge in [0.05, 0.1) is 6.54 Å². The minimum absolute atomic E-state index is 0.0165. The quantitative estimate of drug-likeness (QED) is 0.638. The number of nitrogens with one attached hydrogen (secondary N) is 3. The number of carbonyl (C=O) groups is 1. The highest BCUT2D eigenvalue weighted by molar-refractivity contribution is 5.95. The minimum Gasteiger partial charge on any atom is -0.349 e. The van der Waals surface area contributed by atoms with Gasteiger partial charge in [-0.2, -0.15) is 5.10 Å². The largest absolute Gasteiger partial charge is 0.349 e. The second kappa shape index (κ2) is 6.56. The average molecular weight is 375 g/mol. The second-order valence-corrected chi connectivity index (χ2v) is 7.21. The highest BCUT2D eigenvalue weighted by Crippen LogP contribution is 2.26. The van der Waals surface area contributed by atoms with E-state index in [4.69, 9.17) is 0 Å². The molecule has 2 aromatic heterocycles. The number of imidazole rings is 1. The summed E-state index contributed by atoms with van der Waals surface area (Å²) in [6.45, 7) is 2.58. The third kappa shape index (κ3) is 3.24. The van der Waals surface area contributed by atoms with Gasteiger partial charge in [-0.3, -0.25) is 14.5 Å². The number of nitrogens with zero attached hydrogens (tertiary/aromatic N) is 4. The molecule has 0 spiro atoms. The molecule has 1 fully saturated rings. The summed E-state index contributed by atoms with van der Waals surface area (Å²) in [5.74, 6) is 2.48. The van der Waals surface area contributed by atoms with E-state index in [-0.39, 0.29) is 5.91 Å². The fourth-order valence-corrected chi connectivity index (χ4v) is 3.27. The predicted octanol–water partition coefficient (Wildman–Crippen LogP) is 2.70. The zero-order valence-corrected chi connectivity index (χ0v) is 15.5. The topological polar surface area (TPSA) is 90.9 Å². The lowest BCUT2D eigenvalue weighted by molar-refractivity contribution is 0.0951. The van der Waals surface area contributed by atoms with Crippen molar-refractivity contribution in [3.8, 4) is 0 Å². The van der Waals surface area contributed by atoms with Crippen molar-refractivity contribution in [3.05, 3.63) is 66.0 Å². The van der Waals surface area contributed by atoms with Crippen LogP contribution in [0.3, 0.4) is 0 Å². The Hall–Kier alpha value is -3.55. The Kier molecular flexibility index (Phi) is 3.89. The molecule has 0 saturated heterocycles. The number of anilines is 2. The standard InChI is InChI=1S/C20H21N7O/c1-13-9-17(25-24-13)23-19-12-26(11-18-21-7-8-27(18)19)16-4-2-3-14(10-16)20(28)22-15-5-6-15/h2-4,7-10,12,15H,5-6,11H2,1H3,(H,22,28)(H2,23,24,25). The van der Waals surface area contributed by atoms with Crippen LogP contribution in [0, 0.1) is 6.92 Å². The van der Waals surface area contributed by atoms with Gasteiger partial charge in [-0.05, 0) is 38.0 Å². The lowest BCUT2D eigenvalue weighted by Crippen LogP contribution is -2.28. The number of hydrogen-bond donors (Lipinski definition) is 3. The number of hydrogen-bond acceptors (Lipinski definition) is 5. The maximum absolute atomic E-state index is 12.4. The first-order chi connectivity index (χ1) is 13.7. The molecule has 1 aliphatic carbocycles. The zero-order valence-electron chi connectivity index (χ0n) is 15.5. The number of rotatable bonds is 5. The number of amides is 1. The van der Waals surface area contributed by atoms with Gasteiger partial charge >= 0.3 is 0 Å². The molecule has 1 aliphatic heterocycles. The summed E-state index contributed by atoms with van der Waals surface area (Å²) in [5, 5.41) is 13.6. The van der Waals surface area contributed by atoms with E-state index in [1.54, 1.807) is 6.20 Å². The molecular weight excluding hydrogens is 354 g/mol. The van der Waals surface area contributed by atoms with Gasteiger partial charge in [0, 0.05) is 47.6 Å². The summed E-state index contributed by atoms with van der Waals surface area (Å²) in [5.41, 5.74) is 2.59. The van der Waals surface area contributed by atoms with Crippen LogP contribution in [0.15, 0.2) is 48.9 Å². The van der Waals surface area contributed by atoms with E-state index in [2.05, 4.69) is 30.7 Å². The average Bonchev–Trinajstić information content (AvgIpc) is 3.21. The van der Waals surface area contributed by atoms with E-state index in [1.807, 2.05) is 54.2 Å². The molecule has 8 heteroatoms. The first kappa shape index (κ1) is 16.6. The van der Waals surface area contributed by atoms with Gasteiger partial charge in [0.15, 0.2) is 5.82 Å². The number of aromatic nitrogens is 4. The third-order valence-electron chi connectivity index (χ3n) is 4.88. The summed E-state index contributed by atoms with van der Waals surface area (Å²) >= 11 is 0. The molecule has 1 saturated carbocycles. The molecule has 5 rings (SSSR count). The molecule has 8 nitrogen and oxygen atoms in total. The van der Waals surface area contributed by atoms with Crippen molar-refractivity contribution in [1.82, 2.24) is 25.1 Å². The van der Waals surface area contributed by atoms with Crippen molar-refractivity contribution in [1.29, 1.82) is 0 Å². The molecule has 1 amide bonds. The highest BCUT2D eigenvalue weighted by atomic mass is 16.1. The zero-order chi connectivity index (χ0) is 19.1. The van der Waals surface area contributed by atoms with Gasteiger partial charge in [0.2, 0.25) is 0 Å².